The van der Waals surface area contributed by atoms with Crippen LogP contribution in [-0.4, -0.2) is 42.2 Å². The molecule has 0 aromatic heterocycles. The second kappa shape index (κ2) is 7.84. The minimum Gasteiger partial charge on any atom is -0.496 e. The van der Waals surface area contributed by atoms with Gasteiger partial charge in [-0.05, 0) is 25.0 Å². The van der Waals surface area contributed by atoms with Gasteiger partial charge in [0.2, 0.25) is 5.91 Å². The normalized spacial score (nSPS) is 19.5. The molecule has 4 nitrogen and oxygen atoms in total. The summed E-state index contributed by atoms with van der Waals surface area (Å²) in [5, 5.41) is 9.46. The molecular formula is C17H23NO3. The van der Waals surface area contributed by atoms with E-state index in [-0.39, 0.29) is 18.6 Å². The van der Waals surface area contributed by atoms with Gasteiger partial charge in [0.15, 0.2) is 0 Å². The molecule has 0 aliphatic carbocycles. The predicted octanol–water partition coefficient (Wildman–Crippen LogP) is 2.47. The van der Waals surface area contributed by atoms with E-state index in [1.807, 2.05) is 24.3 Å². The average Bonchev–Trinajstić information content (AvgIpc) is 2.78. The minimum absolute atomic E-state index is 0.0360. The molecule has 1 N–H and O–H groups in total. The fourth-order valence-corrected chi connectivity index (χ4v) is 2.72. The molecule has 0 radical (unpaired) electrons. The highest BCUT2D eigenvalue weighted by atomic mass is 16.5. The Morgan fingerprint density at radius 2 is 2.19 bits per heavy atom. The lowest BCUT2D eigenvalue weighted by Gasteiger charge is -2.27. The maximum Gasteiger partial charge on any atom is 0.246 e. The summed E-state index contributed by atoms with van der Waals surface area (Å²) in [4.78, 5) is 14.2. The first-order valence-electron chi connectivity index (χ1n) is 7.49. The zero-order chi connectivity index (χ0) is 15.1. The SMILES string of the molecule is COc1ccccc1/C=C/C(=O)N1CCCCCC1CO. The number of aliphatic hydroxyl groups is 1. The predicted molar refractivity (Wildman–Crippen MR) is 83.1 cm³/mol. The molecule has 1 fully saturated rings. The topological polar surface area (TPSA) is 49.8 Å². The summed E-state index contributed by atoms with van der Waals surface area (Å²) >= 11 is 0. The van der Waals surface area contributed by atoms with Crippen molar-refractivity contribution in [3.05, 3.63) is 35.9 Å². The third-order valence-corrected chi connectivity index (χ3v) is 3.92. The number of amides is 1. The number of carbonyl (C=O) groups excluding carboxylic acids is 1. The molecule has 4 heteroatoms. The minimum atomic E-state index is -0.0534. The zero-order valence-electron chi connectivity index (χ0n) is 12.5. The molecule has 1 amide bonds. The largest absolute Gasteiger partial charge is 0.496 e. The zero-order valence-corrected chi connectivity index (χ0v) is 12.5. The number of nitrogens with zero attached hydrogens (tertiary/aromatic N) is 1. The molecular weight excluding hydrogens is 266 g/mol. The lowest BCUT2D eigenvalue weighted by Crippen LogP contribution is -2.41. The van der Waals surface area contributed by atoms with Gasteiger partial charge in [0.1, 0.15) is 5.75 Å². The lowest BCUT2D eigenvalue weighted by molar-refractivity contribution is -0.129. The van der Waals surface area contributed by atoms with Gasteiger partial charge in [-0.2, -0.15) is 0 Å². The summed E-state index contributed by atoms with van der Waals surface area (Å²) in [6.07, 6.45) is 7.43. The molecule has 1 aliphatic rings. The molecule has 1 aromatic rings. The Labute approximate surface area is 126 Å². The number of rotatable bonds is 4. The number of methoxy groups -OCH3 is 1. The molecule has 1 heterocycles. The van der Waals surface area contributed by atoms with Crippen molar-refractivity contribution in [2.45, 2.75) is 31.7 Å². The number of hydrogen-bond donors (Lipinski definition) is 1. The van der Waals surface area contributed by atoms with E-state index in [2.05, 4.69) is 0 Å². The second-order valence-electron chi connectivity index (χ2n) is 5.29. The smallest absolute Gasteiger partial charge is 0.246 e. The van der Waals surface area contributed by atoms with Crippen molar-refractivity contribution in [3.63, 3.8) is 0 Å². The van der Waals surface area contributed by atoms with Crippen LogP contribution >= 0.6 is 0 Å². The standard InChI is InChI=1S/C17H23NO3/c1-21-16-9-5-4-7-14(16)10-11-17(20)18-12-6-2-3-8-15(18)13-19/h4-5,7,9-11,15,19H,2-3,6,8,12-13H2,1H3/b11-10+. The molecule has 21 heavy (non-hydrogen) atoms. The number of aliphatic hydroxyl groups excluding tert-OH is 1. The maximum absolute atomic E-state index is 12.4. The maximum atomic E-state index is 12.4. The van der Waals surface area contributed by atoms with E-state index in [0.29, 0.717) is 0 Å². The van der Waals surface area contributed by atoms with Crippen LogP contribution in [0.5, 0.6) is 5.75 Å². The van der Waals surface area contributed by atoms with Crippen LogP contribution in [0.3, 0.4) is 0 Å². The number of benzene rings is 1. The summed E-state index contributed by atoms with van der Waals surface area (Å²) in [5.74, 6) is 0.706. The molecule has 1 atom stereocenters. The molecule has 1 aromatic carbocycles. The highest BCUT2D eigenvalue weighted by Crippen LogP contribution is 2.20. The monoisotopic (exact) mass is 289 g/mol. The van der Waals surface area contributed by atoms with E-state index in [4.69, 9.17) is 4.74 Å². The average molecular weight is 289 g/mol. The van der Waals surface area contributed by atoms with Gasteiger partial charge in [0.05, 0.1) is 19.8 Å². The van der Waals surface area contributed by atoms with E-state index in [9.17, 15) is 9.90 Å². The fraction of sp³-hybridized carbons (Fsp3) is 0.471. The Bertz CT molecular complexity index is 499. The molecule has 1 unspecified atom stereocenters. The van der Waals surface area contributed by atoms with Gasteiger partial charge >= 0.3 is 0 Å². The Kier molecular flexibility index (Phi) is 5.81. The molecule has 1 saturated heterocycles. The third kappa shape index (κ3) is 4.08. The number of ether oxygens (including phenoxy) is 1. The van der Waals surface area contributed by atoms with Gasteiger partial charge in [-0.15, -0.1) is 0 Å². The number of para-hydroxylation sites is 1. The van der Waals surface area contributed by atoms with Crippen LogP contribution in [0, 0.1) is 0 Å². The Morgan fingerprint density at radius 1 is 1.38 bits per heavy atom. The van der Waals surface area contributed by atoms with Crippen LogP contribution in [-0.2, 0) is 4.79 Å². The van der Waals surface area contributed by atoms with Crippen LogP contribution in [0.4, 0.5) is 0 Å². The Balaban J connectivity index is 2.10. The number of hydrogen-bond acceptors (Lipinski definition) is 3. The van der Waals surface area contributed by atoms with Crippen LogP contribution < -0.4 is 4.74 Å². The summed E-state index contributed by atoms with van der Waals surface area (Å²) in [6, 6.07) is 7.53. The van der Waals surface area contributed by atoms with Crippen molar-refractivity contribution in [3.8, 4) is 5.75 Å². The van der Waals surface area contributed by atoms with Gasteiger partial charge in [0.25, 0.3) is 0 Å². The van der Waals surface area contributed by atoms with Crippen LogP contribution in [0.2, 0.25) is 0 Å². The first kappa shape index (κ1) is 15.6. The number of likely N-dealkylation sites (tertiary alicyclic amines) is 1. The van der Waals surface area contributed by atoms with Crippen LogP contribution in [0.25, 0.3) is 6.08 Å². The van der Waals surface area contributed by atoms with E-state index in [1.165, 1.54) is 0 Å². The van der Waals surface area contributed by atoms with E-state index in [1.54, 1.807) is 24.2 Å². The van der Waals surface area contributed by atoms with Gasteiger partial charge in [-0.1, -0.05) is 31.0 Å². The summed E-state index contributed by atoms with van der Waals surface area (Å²) in [5.41, 5.74) is 0.878. The van der Waals surface area contributed by atoms with Crippen molar-refractivity contribution >= 4 is 12.0 Å². The fourth-order valence-electron chi connectivity index (χ4n) is 2.72. The van der Waals surface area contributed by atoms with E-state index in [0.717, 1.165) is 43.5 Å². The first-order valence-corrected chi connectivity index (χ1v) is 7.49. The molecule has 0 saturated carbocycles. The van der Waals surface area contributed by atoms with Crippen molar-refractivity contribution in [1.82, 2.24) is 4.90 Å². The molecule has 0 bridgehead atoms. The van der Waals surface area contributed by atoms with Crippen molar-refractivity contribution in [2.75, 3.05) is 20.3 Å². The van der Waals surface area contributed by atoms with E-state index >= 15 is 0 Å². The van der Waals surface area contributed by atoms with Crippen molar-refractivity contribution in [2.24, 2.45) is 0 Å². The molecule has 1 aliphatic heterocycles. The molecule has 114 valence electrons. The number of carbonyl (C=O) groups is 1. The van der Waals surface area contributed by atoms with Gasteiger partial charge in [-0.3, -0.25) is 4.79 Å². The van der Waals surface area contributed by atoms with Crippen LogP contribution in [0.1, 0.15) is 31.2 Å². The highest BCUT2D eigenvalue weighted by molar-refractivity contribution is 5.92. The van der Waals surface area contributed by atoms with E-state index < -0.39 is 0 Å². The summed E-state index contributed by atoms with van der Waals surface area (Å²) < 4.78 is 5.27. The quantitative estimate of drug-likeness (QED) is 0.866. The molecule has 0 spiro atoms. The summed E-state index contributed by atoms with van der Waals surface area (Å²) in [7, 11) is 1.62. The highest BCUT2D eigenvalue weighted by Gasteiger charge is 2.23. The lowest BCUT2D eigenvalue weighted by atomic mass is 10.1. The summed E-state index contributed by atoms with van der Waals surface area (Å²) in [6.45, 7) is 0.758. The first-order chi connectivity index (χ1) is 10.3. The Morgan fingerprint density at radius 3 is 2.95 bits per heavy atom. The van der Waals surface area contributed by atoms with Crippen LogP contribution in [0.15, 0.2) is 30.3 Å². The van der Waals surface area contributed by atoms with Gasteiger partial charge in [-0.25, -0.2) is 0 Å². The Hall–Kier alpha value is -1.81. The molecule has 2 rings (SSSR count). The third-order valence-electron chi connectivity index (χ3n) is 3.92. The van der Waals surface area contributed by atoms with Gasteiger partial charge in [0, 0.05) is 18.2 Å². The van der Waals surface area contributed by atoms with Crippen molar-refractivity contribution < 1.29 is 14.6 Å². The van der Waals surface area contributed by atoms with Crippen molar-refractivity contribution in [1.29, 1.82) is 0 Å². The second-order valence-corrected chi connectivity index (χ2v) is 5.29. The van der Waals surface area contributed by atoms with Gasteiger partial charge < -0.3 is 14.7 Å².